The van der Waals surface area contributed by atoms with Crippen LogP contribution in [0.1, 0.15) is 28.7 Å². The van der Waals surface area contributed by atoms with Gasteiger partial charge in [0.2, 0.25) is 11.8 Å². The number of hydrogen-bond acceptors (Lipinski definition) is 5. The van der Waals surface area contributed by atoms with Crippen molar-refractivity contribution < 1.29 is 32.3 Å². The number of amides is 3. The summed E-state index contributed by atoms with van der Waals surface area (Å²) in [4.78, 5) is 43.2. The van der Waals surface area contributed by atoms with Crippen LogP contribution in [-0.2, 0) is 33.7 Å². The van der Waals surface area contributed by atoms with Gasteiger partial charge in [0.15, 0.2) is 0 Å². The number of aryl methyl sites for hydroxylation is 1. The average molecular weight is 539 g/mol. The maximum atomic E-state index is 13.2. The number of ether oxygens (including phenoxy) is 1. The fraction of sp³-hybridized carbons (Fsp3) is 0.400. The van der Waals surface area contributed by atoms with Gasteiger partial charge in [-0.2, -0.15) is 13.2 Å². The molecule has 2 aliphatic heterocycles. The maximum absolute atomic E-state index is 13.2. The molecule has 12 heteroatoms. The molecule has 2 aromatic rings. The summed E-state index contributed by atoms with van der Waals surface area (Å²) < 4.78 is 44.9. The molecule has 2 aromatic carbocycles. The molecule has 2 heterocycles. The fourth-order valence-electron chi connectivity index (χ4n) is 4.73. The Balaban J connectivity index is 1.54. The van der Waals surface area contributed by atoms with Crippen molar-refractivity contribution in [1.29, 1.82) is 0 Å². The van der Waals surface area contributed by atoms with Gasteiger partial charge in [0, 0.05) is 31.1 Å². The van der Waals surface area contributed by atoms with Gasteiger partial charge in [-0.25, -0.2) is 4.79 Å². The first kappa shape index (κ1) is 26.7. The molecule has 0 unspecified atom stereocenters. The molecule has 2 fully saturated rings. The monoisotopic (exact) mass is 538 g/mol. The molecule has 2 atom stereocenters. The zero-order valence-corrected chi connectivity index (χ0v) is 20.8. The van der Waals surface area contributed by atoms with Crippen LogP contribution in [0.2, 0.25) is 5.02 Å². The Hall–Kier alpha value is -3.31. The molecular formula is C25H26ClF3N4O4. The van der Waals surface area contributed by atoms with E-state index in [1.807, 2.05) is 0 Å². The number of alkyl halides is 3. The van der Waals surface area contributed by atoms with Crippen molar-refractivity contribution in [2.45, 2.75) is 44.9 Å². The molecule has 198 valence electrons. The molecule has 0 aromatic heterocycles. The summed E-state index contributed by atoms with van der Waals surface area (Å²) in [5.74, 6) is -0.676. The number of nitrogens with two attached hydrogens (primary N) is 1. The molecular weight excluding hydrogens is 513 g/mol. The summed E-state index contributed by atoms with van der Waals surface area (Å²) >= 11 is 6.27. The number of halogens is 4. The molecule has 8 nitrogen and oxygen atoms in total. The van der Waals surface area contributed by atoms with Crippen molar-refractivity contribution in [3.8, 4) is 0 Å². The van der Waals surface area contributed by atoms with E-state index in [-0.39, 0.29) is 56.6 Å². The quantitative estimate of drug-likeness (QED) is 0.628. The largest absolute Gasteiger partial charge is 0.444 e. The lowest BCUT2D eigenvalue weighted by molar-refractivity contribution is -0.167. The summed E-state index contributed by atoms with van der Waals surface area (Å²) in [6, 6.07) is 9.49. The lowest BCUT2D eigenvalue weighted by Gasteiger charge is -2.51. The second kappa shape index (κ2) is 10.6. The van der Waals surface area contributed by atoms with E-state index in [4.69, 9.17) is 22.1 Å². The van der Waals surface area contributed by atoms with Gasteiger partial charge in [0.25, 0.3) is 0 Å². The summed E-state index contributed by atoms with van der Waals surface area (Å²) in [6.45, 7) is 1.18. The summed E-state index contributed by atoms with van der Waals surface area (Å²) in [5.41, 5.74) is 6.30. The van der Waals surface area contributed by atoms with Crippen molar-refractivity contribution in [3.05, 3.63) is 69.7 Å². The molecule has 2 aliphatic rings. The van der Waals surface area contributed by atoms with Crippen molar-refractivity contribution in [2.24, 2.45) is 5.73 Å². The normalized spacial score (nSPS) is 20.2. The molecule has 2 N–H and O–H groups in total. The number of rotatable bonds is 5. The van der Waals surface area contributed by atoms with E-state index in [1.165, 1.54) is 27.7 Å². The smallest absolute Gasteiger partial charge is 0.416 e. The maximum Gasteiger partial charge on any atom is 0.416 e. The van der Waals surface area contributed by atoms with Crippen LogP contribution < -0.4 is 5.73 Å². The van der Waals surface area contributed by atoms with E-state index >= 15 is 0 Å². The summed E-state index contributed by atoms with van der Waals surface area (Å²) in [5, 5.41) is 0.467. The van der Waals surface area contributed by atoms with Gasteiger partial charge in [0.1, 0.15) is 18.8 Å². The molecule has 3 amide bonds. The van der Waals surface area contributed by atoms with E-state index in [9.17, 15) is 27.6 Å². The van der Waals surface area contributed by atoms with Gasteiger partial charge < -0.3 is 20.3 Å². The number of piperazine rings is 1. The van der Waals surface area contributed by atoms with Crippen molar-refractivity contribution in [1.82, 2.24) is 14.7 Å². The SMILES string of the molecule is Cc1cc(COC(=O)N2CCC(=O)N3[C@@H]2CN(Cc2ccccc2Cl)C(=O)[C@@H]3CN)cc(C(F)(F)F)c1. The zero-order valence-electron chi connectivity index (χ0n) is 20.0. The Labute approximate surface area is 216 Å². The third-order valence-corrected chi connectivity index (χ3v) is 6.82. The number of nitrogens with zero attached hydrogens (tertiary/aromatic N) is 3. The lowest BCUT2D eigenvalue weighted by atomic mass is 10.0. The Bertz CT molecular complexity index is 1210. The molecule has 0 aliphatic carbocycles. The van der Waals surface area contributed by atoms with Gasteiger partial charge >= 0.3 is 12.3 Å². The highest BCUT2D eigenvalue weighted by molar-refractivity contribution is 6.31. The highest BCUT2D eigenvalue weighted by atomic mass is 35.5. The summed E-state index contributed by atoms with van der Waals surface area (Å²) in [7, 11) is 0. The Morgan fingerprint density at radius 2 is 1.92 bits per heavy atom. The van der Waals surface area contributed by atoms with Gasteiger partial charge in [-0.15, -0.1) is 0 Å². The third kappa shape index (κ3) is 5.67. The van der Waals surface area contributed by atoms with Crippen LogP contribution in [0.3, 0.4) is 0 Å². The van der Waals surface area contributed by atoms with Crippen LogP contribution in [0.25, 0.3) is 0 Å². The Morgan fingerprint density at radius 3 is 2.59 bits per heavy atom. The standard InChI is InChI=1S/C25H26ClF3N4O4/c1-15-8-16(10-18(9-15)25(27,28)29)14-37-24(36)32-7-6-22(34)33-20(11-30)23(35)31(13-21(32)33)12-17-4-2-3-5-19(17)26/h2-5,8-10,20-21H,6-7,11-14,30H2,1H3/t20-,21+/m0/s1. The van der Waals surface area contributed by atoms with Crippen LogP contribution in [0.4, 0.5) is 18.0 Å². The van der Waals surface area contributed by atoms with E-state index in [2.05, 4.69) is 0 Å². The molecule has 0 radical (unpaired) electrons. The Morgan fingerprint density at radius 1 is 1.19 bits per heavy atom. The second-order valence-corrected chi connectivity index (χ2v) is 9.45. The number of carbonyl (C=O) groups is 3. The highest BCUT2D eigenvalue weighted by Gasteiger charge is 2.48. The van der Waals surface area contributed by atoms with Crippen molar-refractivity contribution in [2.75, 3.05) is 19.6 Å². The molecule has 0 spiro atoms. The zero-order chi connectivity index (χ0) is 26.9. The third-order valence-electron chi connectivity index (χ3n) is 6.46. The minimum atomic E-state index is -4.53. The van der Waals surface area contributed by atoms with E-state index in [0.717, 1.165) is 12.1 Å². The number of benzene rings is 2. The van der Waals surface area contributed by atoms with Gasteiger partial charge in [-0.05, 0) is 36.2 Å². The molecule has 0 saturated carbocycles. The fourth-order valence-corrected chi connectivity index (χ4v) is 4.93. The van der Waals surface area contributed by atoms with Crippen molar-refractivity contribution in [3.63, 3.8) is 0 Å². The van der Waals surface area contributed by atoms with Crippen LogP contribution >= 0.6 is 11.6 Å². The predicted molar refractivity (Wildman–Crippen MR) is 128 cm³/mol. The van der Waals surface area contributed by atoms with E-state index in [1.54, 1.807) is 24.3 Å². The van der Waals surface area contributed by atoms with Crippen LogP contribution in [-0.4, -0.2) is 64.4 Å². The van der Waals surface area contributed by atoms with Crippen LogP contribution in [0.5, 0.6) is 0 Å². The first-order chi connectivity index (χ1) is 17.5. The first-order valence-corrected chi connectivity index (χ1v) is 12.0. The molecule has 37 heavy (non-hydrogen) atoms. The first-order valence-electron chi connectivity index (χ1n) is 11.6. The average Bonchev–Trinajstić information content (AvgIpc) is 2.84. The second-order valence-electron chi connectivity index (χ2n) is 9.05. The molecule has 0 bridgehead atoms. The van der Waals surface area contributed by atoms with Gasteiger partial charge in [-0.3, -0.25) is 14.5 Å². The van der Waals surface area contributed by atoms with Gasteiger partial charge in [0.05, 0.1) is 12.1 Å². The van der Waals surface area contributed by atoms with Crippen LogP contribution in [0, 0.1) is 6.92 Å². The van der Waals surface area contributed by atoms with Crippen LogP contribution in [0.15, 0.2) is 42.5 Å². The van der Waals surface area contributed by atoms with E-state index < -0.39 is 30.0 Å². The van der Waals surface area contributed by atoms with Gasteiger partial charge in [-0.1, -0.05) is 41.4 Å². The minimum Gasteiger partial charge on any atom is -0.444 e. The highest BCUT2D eigenvalue weighted by Crippen LogP contribution is 2.31. The topological polar surface area (TPSA) is 96.2 Å². The number of carbonyl (C=O) groups excluding carboxylic acids is 3. The Kier molecular flexibility index (Phi) is 7.65. The molecule has 4 rings (SSSR count). The number of fused-ring (bicyclic) bond motifs is 1. The van der Waals surface area contributed by atoms with E-state index in [0.29, 0.717) is 16.1 Å². The number of hydrogen-bond donors (Lipinski definition) is 1. The van der Waals surface area contributed by atoms with Crippen molar-refractivity contribution >= 4 is 29.5 Å². The minimum absolute atomic E-state index is 0.00403. The summed E-state index contributed by atoms with van der Waals surface area (Å²) in [6.07, 6.45) is -6.22. The lowest BCUT2D eigenvalue weighted by Crippen LogP contribution is -2.72. The predicted octanol–water partition coefficient (Wildman–Crippen LogP) is 3.53. The molecule has 2 saturated heterocycles.